The van der Waals surface area contributed by atoms with Crippen LogP contribution in [0.1, 0.15) is 77.8 Å². The summed E-state index contributed by atoms with van der Waals surface area (Å²) in [5, 5.41) is 5.52. The number of thiazole rings is 1. The van der Waals surface area contributed by atoms with Crippen molar-refractivity contribution in [2.24, 2.45) is 0 Å². The first-order chi connectivity index (χ1) is 12.5. The Morgan fingerprint density at radius 3 is 2.37 bits per heavy atom. The zero-order valence-corrected chi connectivity index (χ0v) is 18.5. The molecule has 1 fully saturated rings. The maximum absolute atomic E-state index is 13.0. The van der Waals surface area contributed by atoms with Crippen molar-refractivity contribution in [1.82, 2.24) is 19.7 Å². The molecule has 150 valence electrons. The number of unbranched alkanes of at least 4 members (excludes halogenated alkanes) is 1. The zero-order chi connectivity index (χ0) is 18.7. The van der Waals surface area contributed by atoms with Gasteiger partial charge in [-0.2, -0.15) is 5.10 Å². The molecule has 3 heterocycles. The normalized spacial score (nSPS) is 14.7. The van der Waals surface area contributed by atoms with Crippen LogP contribution in [0, 0.1) is 20.8 Å². The molecule has 27 heavy (non-hydrogen) atoms. The molecular formula is C20H31ClN4OS. The van der Waals surface area contributed by atoms with Crippen LogP contribution < -0.4 is 0 Å². The maximum Gasteiger partial charge on any atom is 0.265 e. The summed E-state index contributed by atoms with van der Waals surface area (Å²) in [6.45, 7) is 10.1. The quantitative estimate of drug-likeness (QED) is 0.694. The van der Waals surface area contributed by atoms with Gasteiger partial charge in [0.25, 0.3) is 5.91 Å². The smallest absolute Gasteiger partial charge is 0.265 e. The SMILES string of the molecule is CCCCc1c(C)nn(-c2nc(C)c(C(=O)N3CCCCCC3)s2)c1C.Cl. The van der Waals surface area contributed by atoms with Crippen molar-refractivity contribution in [2.75, 3.05) is 13.1 Å². The molecule has 0 bridgehead atoms. The second kappa shape index (κ2) is 9.69. The first-order valence-electron chi connectivity index (χ1n) is 9.85. The van der Waals surface area contributed by atoms with Crippen LogP contribution in [-0.2, 0) is 6.42 Å². The number of hydrogen-bond acceptors (Lipinski definition) is 4. The van der Waals surface area contributed by atoms with Crippen molar-refractivity contribution in [3.63, 3.8) is 0 Å². The van der Waals surface area contributed by atoms with E-state index in [0.29, 0.717) is 0 Å². The first-order valence-corrected chi connectivity index (χ1v) is 10.7. The Morgan fingerprint density at radius 2 is 1.74 bits per heavy atom. The molecule has 0 aromatic carbocycles. The number of carbonyl (C=O) groups excluding carboxylic acids is 1. The number of likely N-dealkylation sites (tertiary alicyclic amines) is 1. The maximum atomic E-state index is 13.0. The molecule has 0 aliphatic carbocycles. The third-order valence-electron chi connectivity index (χ3n) is 5.28. The predicted molar refractivity (Wildman–Crippen MR) is 114 cm³/mol. The minimum absolute atomic E-state index is 0. The van der Waals surface area contributed by atoms with E-state index in [1.807, 2.05) is 16.5 Å². The standard InChI is InChI=1S/C20H30N4OS.ClH/c1-5-6-11-17-14(2)22-24(16(17)4)20-21-15(3)18(26-20)19(25)23-12-9-7-8-10-13-23;/h5-13H2,1-4H3;1H. The molecule has 0 radical (unpaired) electrons. The van der Waals surface area contributed by atoms with E-state index < -0.39 is 0 Å². The lowest BCUT2D eigenvalue weighted by Gasteiger charge is -2.19. The lowest BCUT2D eigenvalue weighted by Crippen LogP contribution is -2.31. The van der Waals surface area contributed by atoms with E-state index >= 15 is 0 Å². The van der Waals surface area contributed by atoms with Gasteiger partial charge in [-0.05, 0) is 52.0 Å². The van der Waals surface area contributed by atoms with Crippen molar-refractivity contribution in [1.29, 1.82) is 0 Å². The lowest BCUT2D eigenvalue weighted by molar-refractivity contribution is 0.0765. The van der Waals surface area contributed by atoms with Gasteiger partial charge in [0.2, 0.25) is 5.13 Å². The second-order valence-electron chi connectivity index (χ2n) is 7.28. The Balaban J connectivity index is 0.00000261. The van der Waals surface area contributed by atoms with E-state index in [9.17, 15) is 4.79 Å². The number of nitrogens with zero attached hydrogens (tertiary/aromatic N) is 4. The Morgan fingerprint density at radius 1 is 1.07 bits per heavy atom. The highest BCUT2D eigenvalue weighted by Gasteiger charge is 2.24. The van der Waals surface area contributed by atoms with Crippen LogP contribution >= 0.6 is 23.7 Å². The van der Waals surface area contributed by atoms with Gasteiger partial charge < -0.3 is 4.90 Å². The third kappa shape index (κ3) is 4.72. The molecule has 0 N–H and O–H groups in total. The van der Waals surface area contributed by atoms with Crippen molar-refractivity contribution in [2.45, 2.75) is 72.6 Å². The van der Waals surface area contributed by atoms with Gasteiger partial charge in [0.15, 0.2) is 0 Å². The van der Waals surface area contributed by atoms with Crippen LogP contribution in [0.2, 0.25) is 0 Å². The highest BCUT2D eigenvalue weighted by molar-refractivity contribution is 7.16. The fraction of sp³-hybridized carbons (Fsp3) is 0.650. The monoisotopic (exact) mass is 410 g/mol. The molecule has 1 aliphatic heterocycles. The van der Waals surface area contributed by atoms with Gasteiger partial charge in [-0.25, -0.2) is 9.67 Å². The van der Waals surface area contributed by atoms with Crippen molar-refractivity contribution in [3.05, 3.63) is 27.5 Å². The third-order valence-corrected chi connectivity index (χ3v) is 6.40. The molecule has 0 spiro atoms. The molecule has 0 unspecified atom stereocenters. The van der Waals surface area contributed by atoms with Crippen molar-refractivity contribution >= 4 is 29.7 Å². The van der Waals surface area contributed by atoms with Gasteiger partial charge in [0.1, 0.15) is 4.88 Å². The topological polar surface area (TPSA) is 51.0 Å². The van der Waals surface area contributed by atoms with Crippen molar-refractivity contribution < 1.29 is 4.79 Å². The predicted octanol–water partition coefficient (Wildman–Crippen LogP) is 5.03. The number of aromatic nitrogens is 3. The van der Waals surface area contributed by atoms with E-state index in [4.69, 9.17) is 5.10 Å². The van der Waals surface area contributed by atoms with Crippen LogP contribution in [0.15, 0.2) is 0 Å². The summed E-state index contributed by atoms with van der Waals surface area (Å²) in [5.74, 6) is 0.140. The summed E-state index contributed by atoms with van der Waals surface area (Å²) in [7, 11) is 0. The van der Waals surface area contributed by atoms with Crippen LogP contribution in [0.25, 0.3) is 5.13 Å². The average Bonchev–Trinajstić information content (AvgIpc) is 2.99. The number of aryl methyl sites for hydroxylation is 2. The molecule has 2 aromatic heterocycles. The largest absolute Gasteiger partial charge is 0.338 e. The van der Waals surface area contributed by atoms with Gasteiger partial charge in [0, 0.05) is 18.8 Å². The van der Waals surface area contributed by atoms with Crippen LogP contribution in [0.4, 0.5) is 0 Å². The first kappa shape index (κ1) is 21.9. The van der Waals surface area contributed by atoms with E-state index in [0.717, 1.165) is 59.4 Å². The van der Waals surface area contributed by atoms with E-state index in [2.05, 4.69) is 25.8 Å². The Kier molecular flexibility index (Phi) is 7.86. The number of halogens is 1. The molecule has 1 amide bonds. The Bertz CT molecular complexity index is 775. The summed E-state index contributed by atoms with van der Waals surface area (Å²) < 4.78 is 1.93. The Labute approximate surface area is 172 Å². The van der Waals surface area contributed by atoms with E-state index in [1.54, 1.807) is 0 Å². The highest BCUT2D eigenvalue weighted by Crippen LogP contribution is 2.27. The minimum atomic E-state index is 0. The van der Waals surface area contributed by atoms with Crippen LogP contribution in [0.3, 0.4) is 0 Å². The number of hydrogen-bond donors (Lipinski definition) is 0. The fourth-order valence-electron chi connectivity index (χ4n) is 3.67. The van der Waals surface area contributed by atoms with Gasteiger partial charge in [-0.1, -0.05) is 37.5 Å². The molecule has 5 nitrogen and oxygen atoms in total. The van der Waals surface area contributed by atoms with Crippen molar-refractivity contribution in [3.8, 4) is 5.13 Å². The lowest BCUT2D eigenvalue weighted by atomic mass is 10.1. The van der Waals surface area contributed by atoms with Crippen LogP contribution in [0.5, 0.6) is 0 Å². The molecule has 3 rings (SSSR count). The van der Waals surface area contributed by atoms with Gasteiger partial charge >= 0.3 is 0 Å². The van der Waals surface area contributed by atoms with Crippen LogP contribution in [-0.4, -0.2) is 38.7 Å². The molecule has 7 heteroatoms. The Hall–Kier alpha value is -1.40. The van der Waals surface area contributed by atoms with Gasteiger partial charge in [-0.3, -0.25) is 4.79 Å². The van der Waals surface area contributed by atoms with Gasteiger partial charge in [0.05, 0.1) is 11.4 Å². The summed E-state index contributed by atoms with van der Waals surface area (Å²) in [4.78, 5) is 20.4. The number of rotatable bonds is 5. The summed E-state index contributed by atoms with van der Waals surface area (Å²) in [6, 6.07) is 0. The molecule has 2 aromatic rings. The average molecular weight is 411 g/mol. The molecule has 1 aliphatic rings. The van der Waals surface area contributed by atoms with E-state index in [-0.39, 0.29) is 18.3 Å². The molecule has 1 saturated heterocycles. The number of amides is 1. The highest BCUT2D eigenvalue weighted by atomic mass is 35.5. The zero-order valence-electron chi connectivity index (χ0n) is 16.9. The van der Waals surface area contributed by atoms with Gasteiger partial charge in [-0.15, -0.1) is 12.4 Å². The fourth-order valence-corrected chi connectivity index (χ4v) is 4.70. The summed E-state index contributed by atoms with van der Waals surface area (Å²) in [6.07, 6.45) is 8.06. The summed E-state index contributed by atoms with van der Waals surface area (Å²) in [5.41, 5.74) is 4.37. The molecular weight excluding hydrogens is 380 g/mol. The van der Waals surface area contributed by atoms with E-state index in [1.165, 1.54) is 42.6 Å². The minimum Gasteiger partial charge on any atom is -0.338 e. The second-order valence-corrected chi connectivity index (χ2v) is 8.26. The summed E-state index contributed by atoms with van der Waals surface area (Å²) >= 11 is 1.48. The number of carbonyl (C=O) groups is 1. The molecule has 0 atom stereocenters. The molecule has 0 saturated carbocycles.